The highest BCUT2D eigenvalue weighted by molar-refractivity contribution is 7.89. The first kappa shape index (κ1) is 23.4. The number of halogens is 3. The van der Waals surface area contributed by atoms with Gasteiger partial charge in [0.1, 0.15) is 12.0 Å². The minimum absolute atomic E-state index is 0.0746. The van der Waals surface area contributed by atoms with E-state index in [0.717, 1.165) is 0 Å². The molecule has 9 heteroatoms. The van der Waals surface area contributed by atoms with Crippen molar-refractivity contribution < 1.29 is 26.4 Å². The van der Waals surface area contributed by atoms with E-state index < -0.39 is 51.4 Å². The molecule has 0 radical (unpaired) electrons. The van der Waals surface area contributed by atoms with E-state index in [1.54, 1.807) is 35.2 Å². The fourth-order valence-electron chi connectivity index (χ4n) is 5.46. The van der Waals surface area contributed by atoms with Gasteiger partial charge >= 0.3 is 0 Å². The lowest BCUT2D eigenvalue weighted by molar-refractivity contribution is -0.141. The lowest BCUT2D eigenvalue weighted by Crippen LogP contribution is -2.52. The number of carbonyl (C=O) groups is 1. The predicted octanol–water partition coefficient (Wildman–Crippen LogP) is 3.99. The normalized spacial score (nSPS) is 27.6. The molecule has 2 aromatic carbocycles. The average molecular weight is 493 g/mol. The Hall–Kier alpha value is -2.39. The summed E-state index contributed by atoms with van der Waals surface area (Å²) in [6.07, 6.45) is 0.740. The highest BCUT2D eigenvalue weighted by Crippen LogP contribution is 2.56. The molecule has 1 aliphatic heterocycles. The van der Waals surface area contributed by atoms with E-state index in [2.05, 4.69) is 4.72 Å². The van der Waals surface area contributed by atoms with Crippen LogP contribution in [0.1, 0.15) is 31.2 Å². The molecule has 2 saturated carbocycles. The van der Waals surface area contributed by atoms with Crippen LogP contribution in [0, 0.1) is 17.2 Å². The van der Waals surface area contributed by atoms with Crippen molar-refractivity contribution in [1.29, 1.82) is 0 Å². The number of alkyl halides is 2. The summed E-state index contributed by atoms with van der Waals surface area (Å²) in [7, 11) is -4.20. The van der Waals surface area contributed by atoms with Crippen molar-refractivity contribution in [3.8, 4) is 11.1 Å². The number of nitrogens with zero attached hydrogens (tertiary/aromatic N) is 1. The first-order chi connectivity index (χ1) is 16.2. The zero-order chi connectivity index (χ0) is 24.1. The highest BCUT2D eigenvalue weighted by atomic mass is 32.2. The summed E-state index contributed by atoms with van der Waals surface area (Å²) in [4.78, 5) is 14.9. The van der Waals surface area contributed by atoms with Gasteiger partial charge in [0.15, 0.2) is 0 Å². The topological polar surface area (TPSA) is 66.5 Å². The van der Waals surface area contributed by atoms with Crippen LogP contribution in [0.25, 0.3) is 11.1 Å². The largest absolute Gasteiger partial charge is 0.337 e. The second-order valence-corrected chi connectivity index (χ2v) is 11.5. The molecule has 5 nitrogen and oxygen atoms in total. The van der Waals surface area contributed by atoms with Gasteiger partial charge in [-0.3, -0.25) is 4.79 Å². The van der Waals surface area contributed by atoms with E-state index >= 15 is 4.39 Å². The summed E-state index contributed by atoms with van der Waals surface area (Å²) < 4.78 is 69.1. The van der Waals surface area contributed by atoms with Crippen LogP contribution in [-0.2, 0) is 21.2 Å². The molecule has 182 valence electrons. The van der Waals surface area contributed by atoms with Gasteiger partial charge in [-0.2, -0.15) is 0 Å². The molecule has 1 saturated heterocycles. The number of amides is 1. The first-order valence-electron chi connectivity index (χ1n) is 11.6. The van der Waals surface area contributed by atoms with Crippen LogP contribution in [0.3, 0.4) is 0 Å². The molecule has 3 fully saturated rings. The molecular formula is C25H27F3N2O3S. The lowest BCUT2D eigenvalue weighted by Gasteiger charge is -2.36. The molecule has 34 heavy (non-hydrogen) atoms. The Labute approximate surface area is 197 Å². The van der Waals surface area contributed by atoms with E-state index in [1.807, 2.05) is 18.2 Å². The molecule has 1 amide bonds. The molecule has 0 bridgehead atoms. The fourth-order valence-corrected chi connectivity index (χ4v) is 6.32. The molecule has 2 aliphatic carbocycles. The molecule has 2 atom stereocenters. The molecule has 1 heterocycles. The smallest absolute Gasteiger partial charge is 0.241 e. The third-order valence-electron chi connectivity index (χ3n) is 7.58. The van der Waals surface area contributed by atoms with E-state index in [-0.39, 0.29) is 25.2 Å². The van der Waals surface area contributed by atoms with Crippen LogP contribution >= 0.6 is 0 Å². The number of carbonyl (C=O) groups excluding carboxylic acids is 1. The monoisotopic (exact) mass is 492 g/mol. The number of sulfonamides is 1. The van der Waals surface area contributed by atoms with Crippen molar-refractivity contribution in [3.05, 3.63) is 59.9 Å². The van der Waals surface area contributed by atoms with E-state index in [4.69, 9.17) is 0 Å². The number of rotatable bonds is 7. The maximum absolute atomic E-state index is 15.6. The summed E-state index contributed by atoms with van der Waals surface area (Å²) >= 11 is 0. The van der Waals surface area contributed by atoms with Crippen molar-refractivity contribution in [3.63, 3.8) is 0 Å². The molecule has 3 aliphatic rings. The van der Waals surface area contributed by atoms with E-state index in [0.29, 0.717) is 36.1 Å². The van der Waals surface area contributed by atoms with Crippen molar-refractivity contribution in [1.82, 2.24) is 9.62 Å². The van der Waals surface area contributed by atoms with Gasteiger partial charge in [0.25, 0.3) is 0 Å². The zero-order valence-corrected chi connectivity index (χ0v) is 19.4. The molecule has 0 unspecified atom stereocenters. The predicted molar refractivity (Wildman–Crippen MR) is 122 cm³/mol. The van der Waals surface area contributed by atoms with Gasteiger partial charge in [0.2, 0.25) is 21.9 Å². The SMILES string of the molecule is O=C([C@H]1C[C@H](F)C1)N1CC2(CC2)[C@H](NS(=O)(=O)CF)[C@@H]1Cc1cccc(-c2ccccc2)c1F. The van der Waals surface area contributed by atoms with Crippen LogP contribution in [0.4, 0.5) is 13.2 Å². The Bertz CT molecular complexity index is 1180. The summed E-state index contributed by atoms with van der Waals surface area (Å²) in [6.45, 7) is 0.309. The lowest BCUT2D eigenvalue weighted by atomic mass is 9.82. The van der Waals surface area contributed by atoms with Crippen LogP contribution in [0.5, 0.6) is 0 Å². The Balaban J connectivity index is 1.50. The van der Waals surface area contributed by atoms with E-state index in [1.165, 1.54) is 0 Å². The summed E-state index contributed by atoms with van der Waals surface area (Å²) in [6, 6.07) is 11.1. The fraction of sp³-hybridized carbons (Fsp3) is 0.480. The number of nitrogens with one attached hydrogen (secondary N) is 1. The van der Waals surface area contributed by atoms with Gasteiger partial charge in [-0.25, -0.2) is 26.3 Å². The van der Waals surface area contributed by atoms with Gasteiger partial charge in [0.05, 0.1) is 6.04 Å². The summed E-state index contributed by atoms with van der Waals surface area (Å²) in [5.41, 5.74) is 0.978. The van der Waals surface area contributed by atoms with Crippen LogP contribution in [-0.4, -0.2) is 50.0 Å². The summed E-state index contributed by atoms with van der Waals surface area (Å²) in [5.74, 6) is -1.12. The van der Waals surface area contributed by atoms with Crippen molar-refractivity contribution in [2.45, 2.75) is 50.4 Å². The molecule has 2 aromatic rings. The van der Waals surface area contributed by atoms with E-state index in [9.17, 15) is 22.0 Å². The van der Waals surface area contributed by atoms with Crippen molar-refractivity contribution >= 4 is 15.9 Å². The third-order valence-corrected chi connectivity index (χ3v) is 8.48. The standard InChI is InChI=1S/C25H27F3N2O3S/c26-15-34(32,33)29-23-21(30(14-25(23)9-10-25)24(31)18-11-19(27)12-18)13-17-7-4-8-20(22(17)28)16-5-2-1-3-6-16/h1-8,18-19,21,23,29H,9-15H2/t18-,19-,21-,23+/m0/s1. The number of benzene rings is 2. The van der Waals surface area contributed by atoms with Gasteiger partial charge in [0, 0.05) is 29.5 Å². The van der Waals surface area contributed by atoms with Crippen LogP contribution in [0.15, 0.2) is 48.5 Å². The van der Waals surface area contributed by atoms with Gasteiger partial charge < -0.3 is 4.90 Å². The van der Waals surface area contributed by atoms with Gasteiger partial charge in [-0.1, -0.05) is 48.5 Å². The molecule has 1 N–H and O–H groups in total. The highest BCUT2D eigenvalue weighted by Gasteiger charge is 2.62. The zero-order valence-electron chi connectivity index (χ0n) is 18.6. The van der Waals surface area contributed by atoms with Crippen molar-refractivity contribution in [2.24, 2.45) is 11.3 Å². The quantitative estimate of drug-likeness (QED) is 0.636. The number of hydrogen-bond acceptors (Lipinski definition) is 3. The number of hydrogen-bond donors (Lipinski definition) is 1. The Morgan fingerprint density at radius 1 is 1.09 bits per heavy atom. The first-order valence-corrected chi connectivity index (χ1v) is 13.2. The maximum atomic E-state index is 15.6. The van der Waals surface area contributed by atoms with Crippen molar-refractivity contribution in [2.75, 3.05) is 12.6 Å². The second-order valence-electron chi connectivity index (χ2n) is 9.83. The Morgan fingerprint density at radius 3 is 2.41 bits per heavy atom. The van der Waals surface area contributed by atoms with Gasteiger partial charge in [-0.15, -0.1) is 0 Å². The maximum Gasteiger partial charge on any atom is 0.241 e. The van der Waals surface area contributed by atoms with Gasteiger partial charge in [-0.05, 0) is 43.2 Å². The Morgan fingerprint density at radius 2 is 1.79 bits per heavy atom. The second kappa shape index (κ2) is 8.68. The Kier molecular flexibility index (Phi) is 5.96. The molecule has 1 spiro atoms. The average Bonchev–Trinajstić information content (AvgIpc) is 3.53. The number of likely N-dealkylation sites (tertiary alicyclic amines) is 1. The molecular weight excluding hydrogens is 465 g/mol. The minimum Gasteiger partial charge on any atom is -0.337 e. The molecule has 0 aromatic heterocycles. The minimum atomic E-state index is -4.20. The van der Waals surface area contributed by atoms with Crippen LogP contribution < -0.4 is 4.72 Å². The third kappa shape index (κ3) is 4.24. The van der Waals surface area contributed by atoms with Crippen LogP contribution in [0.2, 0.25) is 0 Å². The molecule has 5 rings (SSSR count). The summed E-state index contributed by atoms with van der Waals surface area (Å²) in [5, 5.41) is 0.